The summed E-state index contributed by atoms with van der Waals surface area (Å²) in [5, 5.41) is 0. The first-order chi connectivity index (χ1) is 29.0. The standard InChI is InChI=1S/C56H92O5/c1-13-14-16-24-42(5)55(59)50(26-19-20-32-56(11)33-30-39(2)31-34-56)43(6)36-44(7)51(48-28-29-48)38-52(58)45(8)35-40(3)22-17-15-18-23-41(4)54(60-12)37-49-25-21-27-53(61-49)46(9)47(10)57/h15,17-18,22-23,36,39-40,42-43,45,48-51,53-54H,9,13-14,16,19-21,24-35,37-38H2,1-8,10-12H3/b18-15+,22-17+,41-23+,44-36+/t39?,40?,42-,43?,45?,49?,50?,51?,53?,54?,56?/m0/s1. The molecule has 5 heteroatoms. The van der Waals surface area contributed by atoms with Crippen LogP contribution in [0, 0.1) is 52.8 Å². The van der Waals surface area contributed by atoms with E-state index >= 15 is 0 Å². The third-order valence-electron chi connectivity index (χ3n) is 15.2. The molecule has 0 N–H and O–H groups in total. The molecule has 9 atom stereocenters. The number of methoxy groups -OCH3 is 1. The SMILES string of the molecule is C=C(C(C)=O)C1CCCC(CC(OC)/C(C)=C/C=C/C=C/C(C)CC(C)C(=O)CC(/C(C)=C/C(C)C(CCCCC2(C)CCC(C)CC2)C(=O)[C@@H](C)CCCCC)C2CC2)O1. The van der Waals surface area contributed by atoms with Gasteiger partial charge in [0, 0.05) is 43.3 Å². The number of allylic oxidation sites excluding steroid dienone is 7. The van der Waals surface area contributed by atoms with Gasteiger partial charge in [-0.1, -0.05) is 142 Å². The zero-order valence-corrected chi connectivity index (χ0v) is 41.2. The average Bonchev–Trinajstić information content (AvgIpc) is 4.08. The van der Waals surface area contributed by atoms with E-state index in [1.54, 1.807) is 14.0 Å². The molecule has 1 aliphatic heterocycles. The van der Waals surface area contributed by atoms with Gasteiger partial charge in [0.25, 0.3) is 0 Å². The molecule has 1 heterocycles. The Labute approximate surface area is 375 Å². The summed E-state index contributed by atoms with van der Waals surface area (Å²) in [6.45, 7) is 25.8. The van der Waals surface area contributed by atoms with Gasteiger partial charge in [-0.05, 0) is 132 Å². The van der Waals surface area contributed by atoms with E-state index in [9.17, 15) is 14.4 Å². The van der Waals surface area contributed by atoms with Gasteiger partial charge < -0.3 is 9.47 Å². The molecule has 0 bridgehead atoms. The minimum absolute atomic E-state index is 0.000246. The van der Waals surface area contributed by atoms with Crippen LogP contribution in [0.2, 0.25) is 0 Å². The summed E-state index contributed by atoms with van der Waals surface area (Å²) in [5.74, 6) is 3.25. The van der Waals surface area contributed by atoms with Crippen molar-refractivity contribution in [1.82, 2.24) is 0 Å². The van der Waals surface area contributed by atoms with Gasteiger partial charge in [-0.2, -0.15) is 0 Å². The average molecular weight is 845 g/mol. The van der Waals surface area contributed by atoms with Crippen LogP contribution in [-0.4, -0.2) is 42.8 Å². The van der Waals surface area contributed by atoms with Crippen molar-refractivity contribution in [2.24, 2.45) is 52.8 Å². The first-order valence-corrected chi connectivity index (χ1v) is 25.1. The van der Waals surface area contributed by atoms with Crippen LogP contribution < -0.4 is 0 Å². The number of carbonyl (C=O) groups is 3. The minimum Gasteiger partial charge on any atom is -0.377 e. The van der Waals surface area contributed by atoms with Gasteiger partial charge in [-0.15, -0.1) is 0 Å². The largest absolute Gasteiger partial charge is 0.377 e. The molecule has 8 unspecified atom stereocenters. The van der Waals surface area contributed by atoms with E-state index in [0.717, 1.165) is 69.3 Å². The molecular weight excluding hydrogens is 753 g/mol. The highest BCUT2D eigenvalue weighted by atomic mass is 16.5. The molecule has 1 saturated heterocycles. The lowest BCUT2D eigenvalue weighted by atomic mass is 9.69. The molecule has 3 aliphatic rings. The summed E-state index contributed by atoms with van der Waals surface area (Å²) in [4.78, 5) is 39.8. The first-order valence-electron chi connectivity index (χ1n) is 25.1. The van der Waals surface area contributed by atoms with Crippen molar-refractivity contribution < 1.29 is 23.9 Å². The van der Waals surface area contributed by atoms with Crippen LogP contribution in [0.3, 0.4) is 0 Å². The first kappa shape index (κ1) is 53.0. The molecule has 3 fully saturated rings. The second-order valence-electron chi connectivity index (χ2n) is 21.0. The monoisotopic (exact) mass is 845 g/mol. The third-order valence-corrected chi connectivity index (χ3v) is 15.2. The Morgan fingerprint density at radius 1 is 0.852 bits per heavy atom. The number of ether oxygens (including phenoxy) is 2. The van der Waals surface area contributed by atoms with Crippen molar-refractivity contribution in [3.8, 4) is 0 Å². The van der Waals surface area contributed by atoms with Crippen LogP contribution in [0.1, 0.15) is 198 Å². The second kappa shape index (κ2) is 27.1. The highest BCUT2D eigenvalue weighted by Crippen LogP contribution is 2.45. The Balaban J connectivity index is 1.55. The zero-order valence-electron chi connectivity index (χ0n) is 41.2. The van der Waals surface area contributed by atoms with E-state index in [1.807, 2.05) is 0 Å². The number of carbonyl (C=O) groups excluding carboxylic acids is 3. The van der Waals surface area contributed by atoms with E-state index in [-0.39, 0.29) is 59.6 Å². The molecule has 3 rings (SSSR count). The summed E-state index contributed by atoms with van der Waals surface area (Å²) in [6.07, 6.45) is 34.8. The summed E-state index contributed by atoms with van der Waals surface area (Å²) in [6, 6.07) is 0. The fourth-order valence-corrected chi connectivity index (χ4v) is 10.4. The van der Waals surface area contributed by atoms with Crippen molar-refractivity contribution >= 4 is 17.3 Å². The fourth-order valence-electron chi connectivity index (χ4n) is 10.4. The van der Waals surface area contributed by atoms with E-state index in [1.165, 1.54) is 69.8 Å². The van der Waals surface area contributed by atoms with Crippen molar-refractivity contribution in [3.63, 3.8) is 0 Å². The molecule has 61 heavy (non-hydrogen) atoms. The summed E-state index contributed by atoms with van der Waals surface area (Å²) >= 11 is 0. The normalized spacial score (nSPS) is 26.4. The zero-order chi connectivity index (χ0) is 45.1. The quantitative estimate of drug-likeness (QED) is 0.0325. The number of hydrogen-bond acceptors (Lipinski definition) is 5. The molecule has 346 valence electrons. The Bertz CT molecular complexity index is 1480. The number of hydrogen-bond donors (Lipinski definition) is 0. The highest BCUT2D eigenvalue weighted by Gasteiger charge is 2.36. The molecule has 2 aliphatic carbocycles. The van der Waals surface area contributed by atoms with Crippen LogP contribution in [0.15, 0.2) is 59.8 Å². The molecule has 0 radical (unpaired) electrons. The van der Waals surface area contributed by atoms with E-state index in [4.69, 9.17) is 9.47 Å². The minimum atomic E-state index is -0.189. The summed E-state index contributed by atoms with van der Waals surface area (Å²) in [7, 11) is 1.74. The predicted octanol–water partition coefficient (Wildman–Crippen LogP) is 14.9. The highest BCUT2D eigenvalue weighted by molar-refractivity contribution is 5.93. The maximum atomic E-state index is 14.1. The van der Waals surface area contributed by atoms with E-state index in [2.05, 4.69) is 105 Å². The van der Waals surface area contributed by atoms with Gasteiger partial charge in [0.05, 0.1) is 18.3 Å². The Kier molecular flexibility index (Phi) is 23.5. The predicted molar refractivity (Wildman–Crippen MR) is 257 cm³/mol. The number of ketones is 3. The maximum absolute atomic E-state index is 14.1. The lowest BCUT2D eigenvalue weighted by Gasteiger charge is -2.36. The van der Waals surface area contributed by atoms with Crippen molar-refractivity contribution in [3.05, 3.63) is 59.8 Å². The van der Waals surface area contributed by atoms with Crippen molar-refractivity contribution in [1.29, 1.82) is 0 Å². The van der Waals surface area contributed by atoms with Crippen LogP contribution in [0.5, 0.6) is 0 Å². The van der Waals surface area contributed by atoms with Crippen LogP contribution in [0.4, 0.5) is 0 Å². The maximum Gasteiger partial charge on any atom is 0.157 e. The van der Waals surface area contributed by atoms with Crippen LogP contribution in [-0.2, 0) is 23.9 Å². The number of unbranched alkanes of at least 4 members (excludes halogenated alkanes) is 3. The van der Waals surface area contributed by atoms with Gasteiger partial charge in [0.15, 0.2) is 5.78 Å². The lowest BCUT2D eigenvalue weighted by Crippen LogP contribution is -2.33. The molecule has 0 spiro atoms. The lowest BCUT2D eigenvalue weighted by molar-refractivity contribution is -0.128. The summed E-state index contributed by atoms with van der Waals surface area (Å²) in [5.41, 5.74) is 3.52. The second-order valence-corrected chi connectivity index (χ2v) is 21.0. The molecule has 0 aromatic heterocycles. The molecule has 2 saturated carbocycles. The van der Waals surface area contributed by atoms with Crippen molar-refractivity contribution in [2.45, 2.75) is 216 Å². The van der Waals surface area contributed by atoms with Crippen molar-refractivity contribution in [2.75, 3.05) is 7.11 Å². The Hall–Kier alpha value is -2.37. The smallest absolute Gasteiger partial charge is 0.157 e. The van der Waals surface area contributed by atoms with Gasteiger partial charge in [-0.3, -0.25) is 14.4 Å². The number of Topliss-reactive ketones (excluding diaryl/α,β-unsaturated/α-hetero) is 3. The van der Waals surface area contributed by atoms with Gasteiger partial charge in [0.1, 0.15) is 11.6 Å². The fraction of sp³-hybridized carbons (Fsp3) is 0.768. The Morgan fingerprint density at radius 3 is 2.18 bits per heavy atom. The van der Waals surface area contributed by atoms with E-state index in [0.29, 0.717) is 34.9 Å². The summed E-state index contributed by atoms with van der Waals surface area (Å²) < 4.78 is 12.1. The molecule has 0 aromatic carbocycles. The van der Waals surface area contributed by atoms with Crippen LogP contribution in [0.25, 0.3) is 0 Å². The molecule has 0 aromatic rings. The third kappa shape index (κ3) is 18.7. The topological polar surface area (TPSA) is 69.7 Å². The van der Waals surface area contributed by atoms with E-state index < -0.39 is 0 Å². The van der Waals surface area contributed by atoms with Gasteiger partial charge >= 0.3 is 0 Å². The molecule has 0 amide bonds. The van der Waals surface area contributed by atoms with Crippen LogP contribution >= 0.6 is 0 Å². The van der Waals surface area contributed by atoms with Gasteiger partial charge in [-0.25, -0.2) is 0 Å². The molecular formula is C56H92O5. The van der Waals surface area contributed by atoms with Gasteiger partial charge in [0.2, 0.25) is 0 Å². The number of rotatable bonds is 29. The Morgan fingerprint density at radius 2 is 1.54 bits per heavy atom. The molecule has 5 nitrogen and oxygen atoms in total.